The molecular formula is C15H22N2O3. The first-order chi connectivity index (χ1) is 9.26. The van der Waals surface area contributed by atoms with Crippen molar-refractivity contribution < 1.29 is 14.3 Å². The monoisotopic (exact) mass is 278 g/mol. The van der Waals surface area contributed by atoms with Gasteiger partial charge in [0, 0.05) is 12.5 Å². The summed E-state index contributed by atoms with van der Waals surface area (Å²) >= 11 is 0. The van der Waals surface area contributed by atoms with Gasteiger partial charge in [0.1, 0.15) is 5.60 Å². The summed E-state index contributed by atoms with van der Waals surface area (Å²) < 4.78 is 5.19. The summed E-state index contributed by atoms with van der Waals surface area (Å²) in [7, 11) is 0. The molecule has 0 saturated heterocycles. The van der Waals surface area contributed by atoms with Crippen LogP contribution in [0.4, 0.5) is 4.79 Å². The highest BCUT2D eigenvalue weighted by atomic mass is 16.6. The number of nitrogens with two attached hydrogens (primary N) is 1. The quantitative estimate of drug-likeness (QED) is 0.864. The second-order valence-corrected chi connectivity index (χ2v) is 5.70. The first kappa shape index (κ1) is 16.0. The van der Waals surface area contributed by atoms with Crippen LogP contribution in [0.2, 0.25) is 0 Å². The number of rotatable bonds is 5. The van der Waals surface area contributed by atoms with Crippen molar-refractivity contribution in [3.05, 3.63) is 35.9 Å². The van der Waals surface area contributed by atoms with Crippen molar-refractivity contribution in [2.24, 2.45) is 5.73 Å². The minimum Gasteiger partial charge on any atom is -0.444 e. The van der Waals surface area contributed by atoms with Crippen LogP contribution < -0.4 is 11.1 Å². The molecule has 1 aromatic rings. The highest BCUT2D eigenvalue weighted by Gasteiger charge is 2.20. The van der Waals surface area contributed by atoms with Gasteiger partial charge in [0.25, 0.3) is 0 Å². The average Bonchev–Trinajstić information content (AvgIpc) is 2.26. The fraction of sp³-hybridized carbons (Fsp3) is 0.467. The maximum Gasteiger partial charge on any atom is 0.407 e. The summed E-state index contributed by atoms with van der Waals surface area (Å²) in [6, 6.07) is 9.22. The van der Waals surface area contributed by atoms with Crippen molar-refractivity contribution in [1.82, 2.24) is 5.32 Å². The number of alkyl carbamates (subject to hydrolysis) is 1. The van der Waals surface area contributed by atoms with Crippen molar-refractivity contribution >= 4 is 12.0 Å². The van der Waals surface area contributed by atoms with Crippen molar-refractivity contribution in [2.75, 3.05) is 0 Å². The molecule has 1 atom stereocenters. The van der Waals surface area contributed by atoms with E-state index in [0.717, 1.165) is 5.56 Å². The molecule has 1 unspecified atom stereocenters. The van der Waals surface area contributed by atoms with Crippen molar-refractivity contribution in [1.29, 1.82) is 0 Å². The third kappa shape index (κ3) is 6.78. The van der Waals surface area contributed by atoms with Crippen LogP contribution in [0.5, 0.6) is 0 Å². The van der Waals surface area contributed by atoms with Crippen LogP contribution in [0.25, 0.3) is 0 Å². The van der Waals surface area contributed by atoms with Crippen LogP contribution in [-0.4, -0.2) is 23.6 Å². The van der Waals surface area contributed by atoms with Crippen molar-refractivity contribution in [2.45, 2.75) is 45.3 Å². The molecule has 3 N–H and O–H groups in total. The van der Waals surface area contributed by atoms with Gasteiger partial charge in [-0.05, 0) is 32.8 Å². The second-order valence-electron chi connectivity index (χ2n) is 5.70. The fourth-order valence-corrected chi connectivity index (χ4v) is 1.79. The minimum atomic E-state index is -0.575. The molecule has 0 aliphatic heterocycles. The lowest BCUT2D eigenvalue weighted by Gasteiger charge is -2.23. The van der Waals surface area contributed by atoms with Crippen LogP contribution >= 0.6 is 0 Å². The molecule has 0 heterocycles. The maximum atomic E-state index is 11.8. The van der Waals surface area contributed by atoms with E-state index in [1.165, 1.54) is 0 Å². The standard InChI is InChI=1S/C15H22N2O3/c1-15(2,3)20-14(19)17-12(10-13(16)18)9-11-7-5-4-6-8-11/h4-8,12H,9-10H2,1-3H3,(H2,16,18)(H,17,19). The first-order valence-electron chi connectivity index (χ1n) is 6.58. The number of carbonyl (C=O) groups excluding carboxylic acids is 2. The van der Waals surface area contributed by atoms with Crippen LogP contribution in [0, 0.1) is 0 Å². The van der Waals surface area contributed by atoms with Gasteiger partial charge in [-0.25, -0.2) is 4.79 Å². The Kier molecular flexibility index (Phi) is 5.55. The number of benzene rings is 1. The molecular weight excluding hydrogens is 256 g/mol. The van der Waals surface area contributed by atoms with Gasteiger partial charge in [-0.1, -0.05) is 30.3 Å². The van der Waals surface area contributed by atoms with E-state index >= 15 is 0 Å². The zero-order valence-corrected chi connectivity index (χ0v) is 12.2. The summed E-state index contributed by atoms with van der Waals surface area (Å²) in [5.41, 5.74) is 5.67. The van der Waals surface area contributed by atoms with Gasteiger partial charge in [0.2, 0.25) is 5.91 Å². The van der Waals surface area contributed by atoms with Crippen molar-refractivity contribution in [3.63, 3.8) is 0 Å². The summed E-state index contributed by atoms with van der Waals surface area (Å²) in [5.74, 6) is -0.456. The van der Waals surface area contributed by atoms with Gasteiger partial charge in [0.15, 0.2) is 0 Å². The van der Waals surface area contributed by atoms with Crippen LogP contribution in [0.3, 0.4) is 0 Å². The zero-order valence-electron chi connectivity index (χ0n) is 12.2. The predicted octanol–water partition coefficient (Wildman–Crippen LogP) is 2.00. The predicted molar refractivity (Wildman–Crippen MR) is 77.1 cm³/mol. The molecule has 0 bridgehead atoms. The molecule has 0 radical (unpaired) electrons. The average molecular weight is 278 g/mol. The molecule has 5 nitrogen and oxygen atoms in total. The summed E-state index contributed by atoms with van der Waals surface area (Å²) in [5, 5.41) is 2.69. The van der Waals surface area contributed by atoms with Gasteiger partial charge >= 0.3 is 6.09 Å². The third-order valence-electron chi connectivity index (χ3n) is 2.49. The Labute approximate surface area is 119 Å². The summed E-state index contributed by atoms with van der Waals surface area (Å²) in [6.07, 6.45) is 0.0663. The molecule has 2 amide bonds. The van der Waals surface area contributed by atoms with Gasteiger partial charge in [-0.2, -0.15) is 0 Å². The van der Waals surface area contributed by atoms with Crippen LogP contribution in [-0.2, 0) is 16.0 Å². The minimum absolute atomic E-state index is 0.0775. The highest BCUT2D eigenvalue weighted by molar-refractivity contribution is 5.76. The number of nitrogens with one attached hydrogen (secondary N) is 1. The number of hydrogen-bond donors (Lipinski definition) is 2. The Morgan fingerprint density at radius 3 is 2.35 bits per heavy atom. The molecule has 1 rings (SSSR count). The Morgan fingerprint density at radius 2 is 1.85 bits per heavy atom. The van der Waals surface area contributed by atoms with Gasteiger partial charge < -0.3 is 15.8 Å². The first-order valence-corrected chi connectivity index (χ1v) is 6.58. The molecule has 0 spiro atoms. The Morgan fingerprint density at radius 1 is 1.25 bits per heavy atom. The maximum absolute atomic E-state index is 11.8. The molecule has 0 aromatic heterocycles. The summed E-state index contributed by atoms with van der Waals surface area (Å²) in [6.45, 7) is 5.35. The molecule has 1 aromatic carbocycles. The number of carbonyl (C=O) groups is 2. The third-order valence-corrected chi connectivity index (χ3v) is 2.49. The molecule has 0 aliphatic rings. The topological polar surface area (TPSA) is 81.4 Å². The lowest BCUT2D eigenvalue weighted by Crippen LogP contribution is -2.42. The summed E-state index contributed by atoms with van der Waals surface area (Å²) in [4.78, 5) is 22.9. The van der Waals surface area contributed by atoms with E-state index in [1.54, 1.807) is 20.8 Å². The van der Waals surface area contributed by atoms with E-state index < -0.39 is 17.6 Å². The molecule has 0 saturated carbocycles. The van der Waals surface area contributed by atoms with E-state index in [-0.39, 0.29) is 12.5 Å². The van der Waals surface area contributed by atoms with E-state index in [2.05, 4.69) is 5.32 Å². The van der Waals surface area contributed by atoms with E-state index in [4.69, 9.17) is 10.5 Å². The zero-order chi connectivity index (χ0) is 15.2. The smallest absolute Gasteiger partial charge is 0.407 e. The van der Waals surface area contributed by atoms with Gasteiger partial charge in [0.05, 0.1) is 0 Å². The number of amides is 2. The Bertz CT molecular complexity index is 452. The van der Waals surface area contributed by atoms with E-state index in [0.29, 0.717) is 6.42 Å². The molecule has 20 heavy (non-hydrogen) atoms. The number of ether oxygens (including phenoxy) is 1. The Balaban J connectivity index is 2.65. The second kappa shape index (κ2) is 6.93. The number of primary amides is 1. The van der Waals surface area contributed by atoms with E-state index in [1.807, 2.05) is 30.3 Å². The van der Waals surface area contributed by atoms with Crippen LogP contribution in [0.15, 0.2) is 30.3 Å². The largest absolute Gasteiger partial charge is 0.444 e. The normalized spacial score (nSPS) is 12.6. The Hall–Kier alpha value is -2.04. The lowest BCUT2D eigenvalue weighted by molar-refractivity contribution is -0.118. The van der Waals surface area contributed by atoms with E-state index in [9.17, 15) is 9.59 Å². The van der Waals surface area contributed by atoms with Crippen LogP contribution in [0.1, 0.15) is 32.8 Å². The fourth-order valence-electron chi connectivity index (χ4n) is 1.79. The molecule has 0 fully saturated rings. The molecule has 5 heteroatoms. The van der Waals surface area contributed by atoms with Gasteiger partial charge in [-0.15, -0.1) is 0 Å². The van der Waals surface area contributed by atoms with Crippen molar-refractivity contribution in [3.8, 4) is 0 Å². The SMILES string of the molecule is CC(C)(C)OC(=O)NC(CC(N)=O)Cc1ccccc1. The lowest BCUT2D eigenvalue weighted by atomic mass is 10.0. The number of hydrogen-bond acceptors (Lipinski definition) is 3. The highest BCUT2D eigenvalue weighted by Crippen LogP contribution is 2.09. The molecule has 110 valence electrons. The molecule has 0 aliphatic carbocycles. The van der Waals surface area contributed by atoms with Gasteiger partial charge in [-0.3, -0.25) is 4.79 Å².